The molecule has 4 nitrogen and oxygen atoms in total. The first-order valence-electron chi connectivity index (χ1n) is 5.03. The fourth-order valence-electron chi connectivity index (χ4n) is 1.28. The van der Waals surface area contributed by atoms with Crippen LogP contribution in [0.15, 0.2) is 18.2 Å². The summed E-state index contributed by atoms with van der Waals surface area (Å²) in [5.74, 6) is -0.505. The molecule has 0 radical (unpaired) electrons. The maximum atomic E-state index is 12.8. The monoisotopic (exact) mass is 280 g/mol. The van der Waals surface area contributed by atoms with Crippen molar-refractivity contribution < 1.29 is 12.8 Å². The van der Waals surface area contributed by atoms with Crippen molar-refractivity contribution in [2.75, 3.05) is 12.3 Å². The molecule has 0 aliphatic carbocycles. The number of nitrogens with two attached hydrogens (primary N) is 1. The Hall–Kier alpha value is -0.690. The van der Waals surface area contributed by atoms with Crippen molar-refractivity contribution in [1.82, 2.24) is 5.32 Å². The van der Waals surface area contributed by atoms with E-state index in [1.807, 2.05) is 0 Å². The second-order valence-corrected chi connectivity index (χ2v) is 5.79. The fourth-order valence-corrected chi connectivity index (χ4v) is 2.03. The highest BCUT2D eigenvalue weighted by Crippen LogP contribution is 2.15. The third-order valence-electron chi connectivity index (χ3n) is 2.10. The van der Waals surface area contributed by atoms with Crippen LogP contribution in [0.1, 0.15) is 12.0 Å². The van der Waals surface area contributed by atoms with Crippen molar-refractivity contribution in [2.24, 2.45) is 5.14 Å². The van der Waals surface area contributed by atoms with Crippen molar-refractivity contribution in [1.29, 1.82) is 0 Å². The highest BCUT2D eigenvalue weighted by atomic mass is 35.5. The summed E-state index contributed by atoms with van der Waals surface area (Å²) in [5, 5.41) is 7.95. The van der Waals surface area contributed by atoms with Gasteiger partial charge in [0.2, 0.25) is 10.0 Å². The van der Waals surface area contributed by atoms with Gasteiger partial charge in [-0.25, -0.2) is 17.9 Å². The molecule has 1 aromatic carbocycles. The first-order valence-corrected chi connectivity index (χ1v) is 7.13. The van der Waals surface area contributed by atoms with E-state index < -0.39 is 15.8 Å². The molecular weight excluding hydrogens is 267 g/mol. The van der Waals surface area contributed by atoms with Crippen LogP contribution in [0, 0.1) is 5.82 Å². The third kappa shape index (κ3) is 5.97. The standard InChI is InChI=1S/C10H14ClFN2O2S/c11-9-6-8(2-3-10(9)12)7-14-4-1-5-17(13,15)16/h2-3,6,14H,1,4-5,7H2,(H2,13,15,16). The van der Waals surface area contributed by atoms with E-state index in [9.17, 15) is 12.8 Å². The van der Waals surface area contributed by atoms with Crippen molar-refractivity contribution in [3.05, 3.63) is 34.6 Å². The number of benzene rings is 1. The van der Waals surface area contributed by atoms with Crippen molar-refractivity contribution in [3.63, 3.8) is 0 Å². The molecule has 3 N–H and O–H groups in total. The first kappa shape index (κ1) is 14.4. The van der Waals surface area contributed by atoms with Gasteiger partial charge in [0.1, 0.15) is 5.82 Å². The van der Waals surface area contributed by atoms with E-state index >= 15 is 0 Å². The Morgan fingerprint density at radius 3 is 2.71 bits per heavy atom. The zero-order chi connectivity index (χ0) is 12.9. The van der Waals surface area contributed by atoms with Crippen molar-refractivity contribution >= 4 is 21.6 Å². The topological polar surface area (TPSA) is 72.2 Å². The van der Waals surface area contributed by atoms with Crippen LogP contribution < -0.4 is 10.5 Å². The van der Waals surface area contributed by atoms with E-state index in [1.54, 1.807) is 6.07 Å². The maximum Gasteiger partial charge on any atom is 0.209 e. The molecule has 0 aromatic heterocycles. The van der Waals surface area contributed by atoms with E-state index in [0.29, 0.717) is 19.5 Å². The number of halogens is 2. The van der Waals surface area contributed by atoms with E-state index in [0.717, 1.165) is 5.56 Å². The SMILES string of the molecule is NS(=O)(=O)CCCNCc1ccc(F)c(Cl)c1. The molecular formula is C10H14ClFN2O2S. The van der Waals surface area contributed by atoms with Gasteiger partial charge in [0.05, 0.1) is 10.8 Å². The lowest BCUT2D eigenvalue weighted by Gasteiger charge is -2.05. The Labute approximate surface area is 105 Å². The molecule has 17 heavy (non-hydrogen) atoms. The quantitative estimate of drug-likeness (QED) is 0.770. The molecule has 0 aliphatic heterocycles. The van der Waals surface area contributed by atoms with E-state index in [1.165, 1.54) is 12.1 Å². The van der Waals surface area contributed by atoms with Crippen LogP contribution in [0.5, 0.6) is 0 Å². The second kappa shape index (κ2) is 6.30. The van der Waals surface area contributed by atoms with Gasteiger partial charge in [-0.05, 0) is 30.7 Å². The first-order chi connectivity index (χ1) is 7.88. The van der Waals surface area contributed by atoms with Gasteiger partial charge >= 0.3 is 0 Å². The second-order valence-electron chi connectivity index (χ2n) is 3.65. The smallest absolute Gasteiger partial charge is 0.209 e. The molecule has 0 atom stereocenters. The lowest BCUT2D eigenvalue weighted by atomic mass is 10.2. The van der Waals surface area contributed by atoms with Gasteiger partial charge < -0.3 is 5.32 Å². The van der Waals surface area contributed by atoms with E-state index in [4.69, 9.17) is 16.7 Å². The molecule has 0 saturated carbocycles. The summed E-state index contributed by atoms with van der Waals surface area (Å²) in [6, 6.07) is 4.45. The Bertz CT molecular complexity index is 479. The molecule has 0 bridgehead atoms. The molecule has 1 rings (SSSR count). The zero-order valence-corrected chi connectivity index (χ0v) is 10.7. The number of hydrogen-bond acceptors (Lipinski definition) is 3. The van der Waals surface area contributed by atoms with Crippen molar-refractivity contribution in [3.8, 4) is 0 Å². The molecule has 1 aromatic rings. The molecule has 0 amide bonds. The minimum atomic E-state index is -3.39. The van der Waals surface area contributed by atoms with Crippen LogP contribution in [-0.4, -0.2) is 20.7 Å². The van der Waals surface area contributed by atoms with Crippen molar-refractivity contribution in [2.45, 2.75) is 13.0 Å². The highest BCUT2D eigenvalue weighted by molar-refractivity contribution is 7.89. The molecule has 0 spiro atoms. The predicted molar refractivity (Wildman–Crippen MR) is 65.7 cm³/mol. The number of hydrogen-bond donors (Lipinski definition) is 2. The average Bonchev–Trinajstić information content (AvgIpc) is 2.21. The zero-order valence-electron chi connectivity index (χ0n) is 9.12. The number of sulfonamides is 1. The summed E-state index contributed by atoms with van der Waals surface area (Å²) >= 11 is 5.62. The molecule has 0 saturated heterocycles. The Morgan fingerprint density at radius 2 is 2.12 bits per heavy atom. The Morgan fingerprint density at radius 1 is 1.41 bits per heavy atom. The largest absolute Gasteiger partial charge is 0.313 e. The minimum absolute atomic E-state index is 0.0514. The van der Waals surface area contributed by atoms with Crippen LogP contribution in [0.4, 0.5) is 4.39 Å². The third-order valence-corrected chi connectivity index (χ3v) is 3.24. The van der Waals surface area contributed by atoms with E-state index in [-0.39, 0.29) is 10.8 Å². The lowest BCUT2D eigenvalue weighted by Crippen LogP contribution is -2.22. The van der Waals surface area contributed by atoms with Gasteiger partial charge in [-0.15, -0.1) is 0 Å². The number of nitrogens with one attached hydrogen (secondary N) is 1. The van der Waals surface area contributed by atoms with Gasteiger partial charge in [-0.3, -0.25) is 0 Å². The molecule has 7 heteroatoms. The summed E-state index contributed by atoms with van der Waals surface area (Å²) in [4.78, 5) is 0. The van der Waals surface area contributed by atoms with Crippen LogP contribution in [-0.2, 0) is 16.6 Å². The summed E-state index contributed by atoms with van der Waals surface area (Å²) in [6.07, 6.45) is 0.438. The maximum absolute atomic E-state index is 12.8. The van der Waals surface area contributed by atoms with Gasteiger partial charge in [0, 0.05) is 6.54 Å². The van der Waals surface area contributed by atoms with Crippen LogP contribution in [0.3, 0.4) is 0 Å². The van der Waals surface area contributed by atoms with Gasteiger partial charge in [-0.1, -0.05) is 17.7 Å². The normalized spacial score (nSPS) is 11.7. The van der Waals surface area contributed by atoms with Crippen LogP contribution in [0.2, 0.25) is 5.02 Å². The summed E-state index contributed by atoms with van der Waals surface area (Å²) in [5.41, 5.74) is 0.840. The van der Waals surface area contributed by atoms with Gasteiger partial charge in [-0.2, -0.15) is 0 Å². The Balaban J connectivity index is 2.29. The number of primary sulfonamides is 1. The highest BCUT2D eigenvalue weighted by Gasteiger charge is 2.02. The molecule has 96 valence electrons. The summed E-state index contributed by atoms with van der Waals surface area (Å²) in [7, 11) is -3.39. The van der Waals surface area contributed by atoms with Gasteiger partial charge in [0.25, 0.3) is 0 Å². The van der Waals surface area contributed by atoms with E-state index in [2.05, 4.69) is 5.32 Å². The number of rotatable bonds is 6. The fraction of sp³-hybridized carbons (Fsp3) is 0.400. The lowest BCUT2D eigenvalue weighted by molar-refractivity contribution is 0.590. The van der Waals surface area contributed by atoms with Crippen LogP contribution >= 0.6 is 11.6 Å². The minimum Gasteiger partial charge on any atom is -0.313 e. The predicted octanol–water partition coefficient (Wildman–Crippen LogP) is 1.25. The van der Waals surface area contributed by atoms with Gasteiger partial charge in [0.15, 0.2) is 0 Å². The molecule has 0 fully saturated rings. The molecule has 0 unspecified atom stereocenters. The summed E-state index contributed by atoms with van der Waals surface area (Å²) in [6.45, 7) is 1.02. The average molecular weight is 281 g/mol. The molecule has 0 heterocycles. The molecule has 0 aliphatic rings. The summed E-state index contributed by atoms with van der Waals surface area (Å²) < 4.78 is 34.1. The Kier molecular flexibility index (Phi) is 5.32. The van der Waals surface area contributed by atoms with Crippen LogP contribution in [0.25, 0.3) is 0 Å².